The minimum atomic E-state index is -0.483. The van der Waals surface area contributed by atoms with E-state index in [2.05, 4.69) is 20.1 Å². The number of ether oxygens (including phenoxy) is 1. The number of anilines is 2. The van der Waals surface area contributed by atoms with E-state index in [1.165, 1.54) is 0 Å². The van der Waals surface area contributed by atoms with Crippen LogP contribution in [0.4, 0.5) is 11.9 Å². The van der Waals surface area contributed by atoms with Crippen LogP contribution in [0.5, 0.6) is 5.75 Å². The highest BCUT2D eigenvalue weighted by Crippen LogP contribution is 2.24. The van der Waals surface area contributed by atoms with Gasteiger partial charge in [-0.1, -0.05) is 11.6 Å². The second-order valence-corrected chi connectivity index (χ2v) is 6.33. The quantitative estimate of drug-likeness (QED) is 0.859. The van der Waals surface area contributed by atoms with E-state index in [1.54, 1.807) is 31.2 Å². The van der Waals surface area contributed by atoms with Crippen LogP contribution in [0.3, 0.4) is 0 Å². The molecule has 0 saturated carbocycles. The van der Waals surface area contributed by atoms with Crippen molar-refractivity contribution in [2.45, 2.75) is 25.9 Å². The molecule has 1 aromatic heterocycles. The van der Waals surface area contributed by atoms with Crippen molar-refractivity contribution in [2.24, 2.45) is 5.92 Å². The first-order valence-corrected chi connectivity index (χ1v) is 8.29. The fourth-order valence-corrected chi connectivity index (χ4v) is 3.02. The number of halogens is 1. The normalized spacial score (nSPS) is 16.8. The number of carbonyl (C=O) groups excluding carboxylic acids is 1. The zero-order valence-electron chi connectivity index (χ0n) is 13.4. The zero-order chi connectivity index (χ0) is 17.1. The third-order valence-corrected chi connectivity index (χ3v) is 4.47. The maximum Gasteiger partial charge on any atom is 0.241 e. The van der Waals surface area contributed by atoms with Crippen LogP contribution < -0.4 is 15.4 Å². The maximum absolute atomic E-state index is 12.6. The summed E-state index contributed by atoms with van der Waals surface area (Å²) in [6, 6.07) is 7.03. The molecule has 3 rings (SSSR count). The summed E-state index contributed by atoms with van der Waals surface area (Å²) in [5.41, 5.74) is 5.52. The molecule has 0 amide bonds. The minimum absolute atomic E-state index is 0.0104. The summed E-state index contributed by atoms with van der Waals surface area (Å²) in [5, 5.41) is 7.27. The number of rotatable bonds is 5. The number of nitrogens with zero attached hydrogens (tertiary/aromatic N) is 3. The number of piperidine rings is 1. The Hall–Kier alpha value is -2.28. The van der Waals surface area contributed by atoms with Crippen molar-refractivity contribution in [3.05, 3.63) is 29.3 Å². The number of H-pyrrole nitrogens is 1. The summed E-state index contributed by atoms with van der Waals surface area (Å²) in [6.07, 6.45) is 1.03. The molecule has 128 valence electrons. The number of hydrogen-bond donors (Lipinski definition) is 2. The molecule has 1 aromatic carbocycles. The van der Waals surface area contributed by atoms with Crippen molar-refractivity contribution < 1.29 is 9.53 Å². The van der Waals surface area contributed by atoms with Gasteiger partial charge in [-0.05, 0) is 44.0 Å². The lowest BCUT2D eigenvalue weighted by Crippen LogP contribution is -2.40. The average molecular weight is 350 g/mol. The summed E-state index contributed by atoms with van der Waals surface area (Å²) in [7, 11) is 0. The van der Waals surface area contributed by atoms with E-state index in [1.807, 2.05) is 0 Å². The molecule has 1 aliphatic heterocycles. The van der Waals surface area contributed by atoms with E-state index < -0.39 is 6.10 Å². The molecule has 0 bridgehead atoms. The summed E-state index contributed by atoms with van der Waals surface area (Å²) in [5.74, 6) is 1.65. The summed E-state index contributed by atoms with van der Waals surface area (Å²) in [6.45, 7) is 3.26. The fourth-order valence-electron chi connectivity index (χ4n) is 2.89. The van der Waals surface area contributed by atoms with Crippen molar-refractivity contribution in [3.63, 3.8) is 0 Å². The number of aromatic amines is 1. The molecule has 0 spiro atoms. The van der Waals surface area contributed by atoms with Crippen LogP contribution in [-0.4, -0.2) is 40.2 Å². The lowest BCUT2D eigenvalue weighted by atomic mass is 9.90. The zero-order valence-corrected chi connectivity index (χ0v) is 14.2. The van der Waals surface area contributed by atoms with Crippen LogP contribution in [0.25, 0.3) is 0 Å². The standard InChI is InChI=1S/C16H20ClN5O2/c1-10(24-13-4-2-12(17)3-5-13)14(23)11-6-8-22(9-7-11)16-19-15(18)20-21-16/h2-5,10-11H,6-9H2,1H3,(H3,18,19,20,21)/t10-/m0/s1. The minimum Gasteiger partial charge on any atom is -0.483 e. The highest BCUT2D eigenvalue weighted by Gasteiger charge is 2.30. The van der Waals surface area contributed by atoms with Crippen molar-refractivity contribution >= 4 is 29.3 Å². The molecule has 8 heteroatoms. The van der Waals surface area contributed by atoms with E-state index in [9.17, 15) is 4.79 Å². The van der Waals surface area contributed by atoms with Crippen molar-refractivity contribution in [1.82, 2.24) is 15.2 Å². The van der Waals surface area contributed by atoms with Crippen LogP contribution >= 0.6 is 11.6 Å². The number of aromatic nitrogens is 3. The molecule has 24 heavy (non-hydrogen) atoms. The molecule has 1 fully saturated rings. The van der Waals surface area contributed by atoms with E-state index >= 15 is 0 Å². The van der Waals surface area contributed by atoms with Crippen molar-refractivity contribution in [1.29, 1.82) is 0 Å². The molecular formula is C16H20ClN5O2. The molecule has 0 unspecified atom stereocenters. The fraction of sp³-hybridized carbons (Fsp3) is 0.438. The number of carbonyl (C=O) groups is 1. The van der Waals surface area contributed by atoms with Gasteiger partial charge in [-0.15, -0.1) is 5.10 Å². The lowest BCUT2D eigenvalue weighted by Gasteiger charge is -2.31. The molecule has 7 nitrogen and oxygen atoms in total. The molecule has 2 heterocycles. The number of hydrogen-bond acceptors (Lipinski definition) is 6. The monoisotopic (exact) mass is 349 g/mol. The lowest BCUT2D eigenvalue weighted by molar-refractivity contribution is -0.129. The first-order chi connectivity index (χ1) is 11.5. The van der Waals surface area contributed by atoms with Gasteiger partial charge in [0.15, 0.2) is 11.9 Å². The number of nitrogens with one attached hydrogen (secondary N) is 1. The number of benzene rings is 1. The SMILES string of the molecule is C[C@H](Oc1ccc(Cl)cc1)C(=O)C1CCN(c2nc(N)n[nH]2)CC1. The van der Waals surface area contributed by atoms with Crippen LogP contribution in [0.1, 0.15) is 19.8 Å². The Morgan fingerprint density at radius 2 is 2.04 bits per heavy atom. The molecule has 1 saturated heterocycles. The van der Waals surface area contributed by atoms with Gasteiger partial charge in [0.2, 0.25) is 11.9 Å². The Balaban J connectivity index is 1.53. The van der Waals surface area contributed by atoms with Crippen molar-refractivity contribution in [2.75, 3.05) is 23.7 Å². The predicted octanol–water partition coefficient (Wildman–Crippen LogP) is 2.29. The molecular weight excluding hydrogens is 330 g/mol. The molecule has 1 aliphatic rings. The summed E-state index contributed by atoms with van der Waals surface area (Å²) in [4.78, 5) is 18.8. The number of nitrogens with two attached hydrogens (primary N) is 1. The van der Waals surface area contributed by atoms with Gasteiger partial charge in [0.05, 0.1) is 0 Å². The first kappa shape index (κ1) is 16.6. The van der Waals surface area contributed by atoms with Gasteiger partial charge in [-0.25, -0.2) is 5.10 Å². The Labute approximate surface area is 145 Å². The largest absolute Gasteiger partial charge is 0.483 e. The van der Waals surface area contributed by atoms with Crippen LogP contribution in [0.2, 0.25) is 5.02 Å². The van der Waals surface area contributed by atoms with Gasteiger partial charge in [0.25, 0.3) is 0 Å². The van der Waals surface area contributed by atoms with Gasteiger partial charge in [-0.3, -0.25) is 4.79 Å². The van der Waals surface area contributed by atoms with E-state index in [4.69, 9.17) is 22.1 Å². The highest BCUT2D eigenvalue weighted by molar-refractivity contribution is 6.30. The van der Waals surface area contributed by atoms with E-state index in [-0.39, 0.29) is 17.6 Å². The highest BCUT2D eigenvalue weighted by atomic mass is 35.5. The van der Waals surface area contributed by atoms with Gasteiger partial charge >= 0.3 is 0 Å². The Morgan fingerprint density at radius 3 is 2.62 bits per heavy atom. The molecule has 2 aromatic rings. The van der Waals surface area contributed by atoms with Crippen LogP contribution in [0, 0.1) is 5.92 Å². The van der Waals surface area contributed by atoms with E-state index in [0.29, 0.717) is 16.7 Å². The smallest absolute Gasteiger partial charge is 0.241 e. The third-order valence-electron chi connectivity index (χ3n) is 4.21. The van der Waals surface area contributed by atoms with Gasteiger partial charge in [0, 0.05) is 24.0 Å². The predicted molar refractivity (Wildman–Crippen MR) is 92.3 cm³/mol. The molecule has 1 atom stereocenters. The first-order valence-electron chi connectivity index (χ1n) is 7.91. The topological polar surface area (TPSA) is 97.1 Å². The summed E-state index contributed by atoms with van der Waals surface area (Å²) >= 11 is 5.85. The Kier molecular flexibility index (Phi) is 4.89. The average Bonchev–Trinajstić information content (AvgIpc) is 3.03. The number of ketones is 1. The molecule has 3 N–H and O–H groups in total. The molecule has 0 radical (unpaired) electrons. The van der Waals surface area contributed by atoms with Gasteiger partial charge in [-0.2, -0.15) is 4.98 Å². The Morgan fingerprint density at radius 1 is 1.38 bits per heavy atom. The summed E-state index contributed by atoms with van der Waals surface area (Å²) < 4.78 is 5.73. The second kappa shape index (κ2) is 7.09. The molecule has 0 aliphatic carbocycles. The number of nitrogen functional groups attached to an aromatic ring is 1. The Bertz CT molecular complexity index is 695. The number of Topliss-reactive ketones (excluding diaryl/α,β-unsaturated/α-hetero) is 1. The second-order valence-electron chi connectivity index (χ2n) is 5.89. The van der Waals surface area contributed by atoms with Gasteiger partial charge < -0.3 is 15.4 Å². The van der Waals surface area contributed by atoms with Crippen LogP contribution in [-0.2, 0) is 4.79 Å². The maximum atomic E-state index is 12.6. The van der Waals surface area contributed by atoms with Crippen molar-refractivity contribution in [3.8, 4) is 5.75 Å². The van der Waals surface area contributed by atoms with Gasteiger partial charge in [0.1, 0.15) is 5.75 Å². The third kappa shape index (κ3) is 3.79. The van der Waals surface area contributed by atoms with E-state index in [0.717, 1.165) is 25.9 Å². The van der Waals surface area contributed by atoms with Crippen LogP contribution in [0.15, 0.2) is 24.3 Å².